The van der Waals surface area contributed by atoms with Crippen LogP contribution in [0.1, 0.15) is 63.0 Å². The molecule has 2 fully saturated rings. The van der Waals surface area contributed by atoms with E-state index in [9.17, 15) is 4.79 Å². The zero-order chi connectivity index (χ0) is 17.3. The first-order valence-electron chi connectivity index (χ1n) is 9.36. The van der Waals surface area contributed by atoms with Crippen LogP contribution in [0, 0.1) is 19.8 Å². The molecule has 5 heteroatoms. The number of amides is 1. The lowest BCUT2D eigenvalue weighted by Crippen LogP contribution is -2.46. The van der Waals surface area contributed by atoms with Crippen LogP contribution in [-0.2, 0) is 11.3 Å². The van der Waals surface area contributed by atoms with Crippen LogP contribution < -0.4 is 0 Å². The van der Waals surface area contributed by atoms with Gasteiger partial charge in [-0.3, -0.25) is 4.79 Å². The molecule has 0 aromatic carbocycles. The van der Waals surface area contributed by atoms with Gasteiger partial charge in [0.05, 0.1) is 12.2 Å². The van der Waals surface area contributed by atoms with Gasteiger partial charge in [0.25, 0.3) is 0 Å². The summed E-state index contributed by atoms with van der Waals surface area (Å²) in [6, 6.07) is 0. The highest BCUT2D eigenvalue weighted by atomic mass is 16.5. The molecule has 0 bridgehead atoms. The first kappa shape index (κ1) is 17.5. The Morgan fingerprint density at radius 3 is 2.67 bits per heavy atom. The highest BCUT2D eigenvalue weighted by molar-refractivity contribution is 5.79. The summed E-state index contributed by atoms with van der Waals surface area (Å²) in [5, 5.41) is 4.06. The van der Waals surface area contributed by atoms with Gasteiger partial charge in [-0.05, 0) is 52.0 Å². The number of nitrogens with zero attached hydrogens (tertiary/aromatic N) is 3. The average molecular weight is 333 g/mol. The van der Waals surface area contributed by atoms with Gasteiger partial charge in [-0.15, -0.1) is 0 Å². The Morgan fingerprint density at radius 1 is 1.21 bits per heavy atom. The molecule has 1 atom stereocenters. The predicted molar refractivity (Wildman–Crippen MR) is 93.6 cm³/mol. The highest BCUT2D eigenvalue weighted by Crippen LogP contribution is 2.40. The Labute approximate surface area is 145 Å². The van der Waals surface area contributed by atoms with E-state index in [1.165, 1.54) is 6.42 Å². The fourth-order valence-electron chi connectivity index (χ4n) is 4.47. The molecule has 2 saturated heterocycles. The summed E-state index contributed by atoms with van der Waals surface area (Å²) in [6.07, 6.45) is 5.09. The third-order valence-corrected chi connectivity index (χ3v) is 5.81. The van der Waals surface area contributed by atoms with Crippen LogP contribution in [0.2, 0.25) is 0 Å². The molecule has 0 radical (unpaired) electrons. The lowest BCUT2D eigenvalue weighted by atomic mass is 9.87. The smallest absolute Gasteiger partial charge is 0.223 e. The molecule has 2 aliphatic rings. The molecule has 1 spiro atoms. The number of rotatable bonds is 4. The predicted octanol–water partition coefficient (Wildman–Crippen LogP) is 3.29. The zero-order valence-electron chi connectivity index (χ0n) is 15.6. The summed E-state index contributed by atoms with van der Waals surface area (Å²) < 4.78 is 5.31. The molecule has 0 aliphatic carbocycles. The van der Waals surface area contributed by atoms with E-state index in [0.717, 1.165) is 55.9 Å². The van der Waals surface area contributed by atoms with Crippen molar-refractivity contribution in [2.45, 2.75) is 71.9 Å². The standard InChI is InChI=1S/C19H31N3O2/c1-14(2)12-21-10-5-7-19(9-11-21)8-6-18(23)22(19)13-17-15(3)20-24-16(17)4/h14H,5-13H2,1-4H3. The maximum atomic E-state index is 12.6. The van der Waals surface area contributed by atoms with E-state index in [2.05, 4.69) is 28.8 Å². The molecule has 1 aromatic heterocycles. The lowest BCUT2D eigenvalue weighted by Gasteiger charge is -2.38. The number of carbonyl (C=O) groups excluding carboxylic acids is 1. The van der Waals surface area contributed by atoms with Gasteiger partial charge in [-0.25, -0.2) is 0 Å². The van der Waals surface area contributed by atoms with Crippen molar-refractivity contribution < 1.29 is 9.32 Å². The minimum absolute atomic E-state index is 0.0406. The second-order valence-corrected chi connectivity index (χ2v) is 8.05. The maximum absolute atomic E-state index is 12.6. The van der Waals surface area contributed by atoms with E-state index < -0.39 is 0 Å². The Morgan fingerprint density at radius 2 is 2.00 bits per heavy atom. The van der Waals surface area contributed by atoms with Crippen LogP contribution in [-0.4, -0.2) is 46.0 Å². The largest absolute Gasteiger partial charge is 0.361 e. The summed E-state index contributed by atoms with van der Waals surface area (Å²) in [5.41, 5.74) is 2.05. The van der Waals surface area contributed by atoms with Gasteiger partial charge < -0.3 is 14.3 Å². The van der Waals surface area contributed by atoms with Crippen molar-refractivity contribution in [1.29, 1.82) is 0 Å². The van der Waals surface area contributed by atoms with Crippen LogP contribution in [0.3, 0.4) is 0 Å². The Hall–Kier alpha value is -1.36. The second-order valence-electron chi connectivity index (χ2n) is 8.05. The molecule has 134 valence electrons. The van der Waals surface area contributed by atoms with Crippen molar-refractivity contribution in [3.8, 4) is 0 Å². The Kier molecular flexibility index (Phi) is 5.00. The van der Waals surface area contributed by atoms with Gasteiger partial charge in [-0.2, -0.15) is 0 Å². The number of carbonyl (C=O) groups is 1. The van der Waals surface area contributed by atoms with E-state index in [4.69, 9.17) is 4.52 Å². The van der Waals surface area contributed by atoms with Crippen molar-refractivity contribution in [1.82, 2.24) is 15.0 Å². The third-order valence-electron chi connectivity index (χ3n) is 5.81. The summed E-state index contributed by atoms with van der Waals surface area (Å²) in [5.74, 6) is 1.84. The first-order chi connectivity index (χ1) is 11.4. The van der Waals surface area contributed by atoms with Crippen LogP contribution in [0.5, 0.6) is 0 Å². The van der Waals surface area contributed by atoms with Crippen molar-refractivity contribution >= 4 is 5.91 Å². The van der Waals surface area contributed by atoms with Crippen molar-refractivity contribution in [2.75, 3.05) is 19.6 Å². The van der Waals surface area contributed by atoms with Gasteiger partial charge in [0.2, 0.25) is 5.91 Å². The zero-order valence-corrected chi connectivity index (χ0v) is 15.6. The first-order valence-corrected chi connectivity index (χ1v) is 9.36. The lowest BCUT2D eigenvalue weighted by molar-refractivity contribution is -0.132. The topological polar surface area (TPSA) is 49.6 Å². The molecule has 2 aliphatic heterocycles. The Balaban J connectivity index is 1.77. The molecule has 0 saturated carbocycles. The molecule has 3 heterocycles. The van der Waals surface area contributed by atoms with Crippen LogP contribution in [0.4, 0.5) is 0 Å². The fourth-order valence-corrected chi connectivity index (χ4v) is 4.47. The summed E-state index contributed by atoms with van der Waals surface area (Å²) >= 11 is 0. The highest BCUT2D eigenvalue weighted by Gasteiger charge is 2.46. The van der Waals surface area contributed by atoms with E-state index in [1.807, 2.05) is 13.8 Å². The molecule has 1 unspecified atom stereocenters. The number of hydrogen-bond acceptors (Lipinski definition) is 4. The van der Waals surface area contributed by atoms with Crippen LogP contribution in [0.25, 0.3) is 0 Å². The molecular formula is C19H31N3O2. The van der Waals surface area contributed by atoms with E-state index in [1.54, 1.807) is 0 Å². The second kappa shape index (κ2) is 6.87. The van der Waals surface area contributed by atoms with Gasteiger partial charge in [0.15, 0.2) is 0 Å². The average Bonchev–Trinajstić information content (AvgIpc) is 2.90. The molecule has 24 heavy (non-hydrogen) atoms. The number of aryl methyl sites for hydroxylation is 2. The van der Waals surface area contributed by atoms with Crippen molar-refractivity contribution in [3.63, 3.8) is 0 Å². The van der Waals surface area contributed by atoms with E-state index >= 15 is 0 Å². The van der Waals surface area contributed by atoms with E-state index in [-0.39, 0.29) is 5.54 Å². The quantitative estimate of drug-likeness (QED) is 0.848. The summed E-state index contributed by atoms with van der Waals surface area (Å²) in [4.78, 5) is 17.4. The minimum Gasteiger partial charge on any atom is -0.361 e. The SMILES string of the molecule is Cc1noc(C)c1CN1C(=O)CCC12CCCN(CC(C)C)CC2. The molecule has 0 N–H and O–H groups in total. The molecular weight excluding hydrogens is 302 g/mol. The molecule has 1 aromatic rings. The van der Waals surface area contributed by atoms with E-state index in [0.29, 0.717) is 24.8 Å². The Bertz CT molecular complexity index is 576. The molecule has 3 rings (SSSR count). The number of likely N-dealkylation sites (tertiary alicyclic amines) is 2. The normalized spacial score (nSPS) is 25.9. The molecule has 1 amide bonds. The van der Waals surface area contributed by atoms with Crippen LogP contribution in [0.15, 0.2) is 4.52 Å². The minimum atomic E-state index is 0.0406. The van der Waals surface area contributed by atoms with Gasteiger partial charge in [0, 0.05) is 30.6 Å². The van der Waals surface area contributed by atoms with Crippen LogP contribution >= 0.6 is 0 Å². The van der Waals surface area contributed by atoms with Gasteiger partial charge in [0.1, 0.15) is 5.76 Å². The summed E-state index contributed by atoms with van der Waals surface area (Å²) in [6.45, 7) is 12.6. The summed E-state index contributed by atoms with van der Waals surface area (Å²) in [7, 11) is 0. The maximum Gasteiger partial charge on any atom is 0.223 e. The number of aromatic nitrogens is 1. The number of hydrogen-bond donors (Lipinski definition) is 0. The van der Waals surface area contributed by atoms with Crippen molar-refractivity contribution in [3.05, 3.63) is 17.0 Å². The third kappa shape index (κ3) is 3.37. The monoisotopic (exact) mass is 333 g/mol. The van der Waals surface area contributed by atoms with Crippen molar-refractivity contribution in [2.24, 2.45) is 5.92 Å². The van der Waals surface area contributed by atoms with Gasteiger partial charge in [-0.1, -0.05) is 19.0 Å². The molecule has 5 nitrogen and oxygen atoms in total. The van der Waals surface area contributed by atoms with Gasteiger partial charge >= 0.3 is 0 Å². The fraction of sp³-hybridized carbons (Fsp3) is 0.789.